The van der Waals surface area contributed by atoms with E-state index in [0.717, 1.165) is 5.56 Å². The molecule has 0 aliphatic rings. The molecule has 0 bridgehead atoms. The number of Topliss-reactive ketones (excluding diaryl/α,β-unsaturated/α-hetero) is 1. The minimum absolute atomic E-state index is 0.112. The Labute approximate surface area is 83.1 Å². The van der Waals surface area contributed by atoms with Crippen molar-refractivity contribution in [2.75, 3.05) is 7.05 Å². The van der Waals surface area contributed by atoms with Crippen molar-refractivity contribution in [3.63, 3.8) is 0 Å². The highest BCUT2D eigenvalue weighted by Crippen LogP contribution is 2.05. The third-order valence-electron chi connectivity index (χ3n) is 1.90. The first-order valence-electron chi connectivity index (χ1n) is 4.44. The summed E-state index contributed by atoms with van der Waals surface area (Å²) in [6.45, 7) is 1.55. The molecule has 0 saturated heterocycles. The lowest BCUT2D eigenvalue weighted by atomic mass is 10.1. The number of carbonyl (C=O) groups excluding carboxylic acids is 2. The fourth-order valence-electron chi connectivity index (χ4n) is 1.21. The number of ketones is 1. The van der Waals surface area contributed by atoms with Gasteiger partial charge in [0.15, 0.2) is 0 Å². The Balaban J connectivity index is 2.78. The van der Waals surface area contributed by atoms with Crippen molar-refractivity contribution < 1.29 is 9.59 Å². The van der Waals surface area contributed by atoms with Crippen LogP contribution in [0.25, 0.3) is 0 Å². The first kappa shape index (κ1) is 10.4. The first-order valence-corrected chi connectivity index (χ1v) is 4.44. The highest BCUT2D eigenvalue weighted by atomic mass is 16.1. The van der Waals surface area contributed by atoms with Gasteiger partial charge in [0.2, 0.25) is 0 Å². The van der Waals surface area contributed by atoms with Crippen molar-refractivity contribution in [2.45, 2.75) is 13.3 Å². The van der Waals surface area contributed by atoms with E-state index >= 15 is 0 Å². The molecule has 0 aliphatic heterocycles. The maximum Gasteiger partial charge on any atom is 0.251 e. The van der Waals surface area contributed by atoms with E-state index in [0.29, 0.717) is 12.0 Å². The van der Waals surface area contributed by atoms with E-state index in [1.807, 2.05) is 0 Å². The third kappa shape index (κ3) is 2.69. The summed E-state index contributed by atoms with van der Waals surface area (Å²) < 4.78 is 0. The Morgan fingerprint density at radius 1 is 1.21 bits per heavy atom. The molecule has 1 amide bonds. The zero-order valence-electron chi connectivity index (χ0n) is 8.33. The summed E-state index contributed by atoms with van der Waals surface area (Å²) in [6.07, 6.45) is 0.425. The van der Waals surface area contributed by atoms with Crippen molar-refractivity contribution in [3.05, 3.63) is 35.4 Å². The van der Waals surface area contributed by atoms with E-state index in [4.69, 9.17) is 0 Å². The lowest BCUT2D eigenvalue weighted by Crippen LogP contribution is -2.17. The van der Waals surface area contributed by atoms with Crippen LogP contribution in [0.15, 0.2) is 24.3 Å². The van der Waals surface area contributed by atoms with Gasteiger partial charge in [-0.2, -0.15) is 0 Å². The van der Waals surface area contributed by atoms with E-state index in [9.17, 15) is 9.59 Å². The minimum Gasteiger partial charge on any atom is -0.355 e. The van der Waals surface area contributed by atoms with Crippen LogP contribution in [0.5, 0.6) is 0 Å². The second-order valence-corrected chi connectivity index (χ2v) is 3.15. The molecule has 0 radical (unpaired) electrons. The molecular formula is C11H13NO2. The van der Waals surface area contributed by atoms with Gasteiger partial charge in [-0.1, -0.05) is 12.1 Å². The second kappa shape index (κ2) is 4.56. The van der Waals surface area contributed by atoms with Crippen LogP contribution in [-0.4, -0.2) is 18.7 Å². The van der Waals surface area contributed by atoms with Crippen molar-refractivity contribution in [1.82, 2.24) is 5.32 Å². The number of rotatable bonds is 3. The molecule has 0 spiro atoms. The summed E-state index contributed by atoms with van der Waals surface area (Å²) in [5.41, 5.74) is 1.55. The Kier molecular flexibility index (Phi) is 3.40. The number of hydrogen-bond acceptors (Lipinski definition) is 2. The summed E-state index contributed by atoms with van der Waals surface area (Å²) in [6, 6.07) is 7.03. The highest BCUT2D eigenvalue weighted by Gasteiger charge is 2.02. The highest BCUT2D eigenvalue weighted by molar-refractivity contribution is 5.94. The predicted molar refractivity (Wildman–Crippen MR) is 54.2 cm³/mol. The largest absolute Gasteiger partial charge is 0.355 e. The van der Waals surface area contributed by atoms with E-state index in [-0.39, 0.29) is 11.7 Å². The van der Waals surface area contributed by atoms with Crippen LogP contribution in [0.3, 0.4) is 0 Å². The van der Waals surface area contributed by atoms with Gasteiger partial charge < -0.3 is 5.32 Å². The topological polar surface area (TPSA) is 46.2 Å². The van der Waals surface area contributed by atoms with Crippen molar-refractivity contribution in [1.29, 1.82) is 0 Å². The molecule has 14 heavy (non-hydrogen) atoms. The average molecular weight is 191 g/mol. The van der Waals surface area contributed by atoms with Gasteiger partial charge >= 0.3 is 0 Å². The Hall–Kier alpha value is -1.64. The smallest absolute Gasteiger partial charge is 0.251 e. The van der Waals surface area contributed by atoms with Gasteiger partial charge in [0.05, 0.1) is 0 Å². The molecule has 0 aliphatic carbocycles. The maximum absolute atomic E-state index is 11.2. The van der Waals surface area contributed by atoms with Gasteiger partial charge in [-0.25, -0.2) is 0 Å². The molecule has 1 aromatic carbocycles. The normalized spacial score (nSPS) is 9.57. The van der Waals surface area contributed by atoms with Crippen molar-refractivity contribution >= 4 is 11.7 Å². The van der Waals surface area contributed by atoms with Gasteiger partial charge in [-0.15, -0.1) is 0 Å². The van der Waals surface area contributed by atoms with E-state index in [1.165, 1.54) is 0 Å². The number of hydrogen-bond donors (Lipinski definition) is 1. The van der Waals surface area contributed by atoms with Crippen molar-refractivity contribution in [3.8, 4) is 0 Å². The molecule has 74 valence electrons. The first-order chi connectivity index (χ1) is 6.63. The Morgan fingerprint density at radius 2 is 1.79 bits per heavy atom. The monoisotopic (exact) mass is 191 g/mol. The van der Waals surface area contributed by atoms with Crippen LogP contribution in [0.1, 0.15) is 22.8 Å². The number of carbonyl (C=O) groups is 2. The molecule has 1 rings (SSSR count). The SMILES string of the molecule is CNC(=O)c1ccc(CC(C)=O)cc1. The molecule has 0 heterocycles. The summed E-state index contributed by atoms with van der Waals surface area (Å²) in [4.78, 5) is 22.0. The number of nitrogens with one attached hydrogen (secondary N) is 1. The predicted octanol–water partition coefficient (Wildman–Crippen LogP) is 1.18. The van der Waals surface area contributed by atoms with Gasteiger partial charge in [0.25, 0.3) is 5.91 Å². The summed E-state index contributed by atoms with van der Waals surface area (Å²) in [5, 5.41) is 2.54. The zero-order valence-corrected chi connectivity index (χ0v) is 8.33. The van der Waals surface area contributed by atoms with Gasteiger partial charge in [-0.05, 0) is 24.6 Å². The van der Waals surface area contributed by atoms with E-state index in [2.05, 4.69) is 5.32 Å². The number of benzene rings is 1. The fraction of sp³-hybridized carbons (Fsp3) is 0.273. The average Bonchev–Trinajstić information content (AvgIpc) is 2.17. The maximum atomic E-state index is 11.2. The van der Waals surface area contributed by atoms with Crippen LogP contribution < -0.4 is 5.32 Å². The number of amides is 1. The van der Waals surface area contributed by atoms with Crippen LogP contribution in [0, 0.1) is 0 Å². The van der Waals surface area contributed by atoms with Crippen LogP contribution in [0.2, 0.25) is 0 Å². The molecule has 3 nitrogen and oxygen atoms in total. The van der Waals surface area contributed by atoms with Crippen LogP contribution in [0.4, 0.5) is 0 Å². The molecule has 1 N–H and O–H groups in total. The summed E-state index contributed by atoms with van der Waals surface area (Å²) in [5.74, 6) is 0.0112. The van der Waals surface area contributed by atoms with Gasteiger partial charge in [0, 0.05) is 19.0 Å². The van der Waals surface area contributed by atoms with Crippen LogP contribution in [-0.2, 0) is 11.2 Å². The molecular weight excluding hydrogens is 178 g/mol. The quantitative estimate of drug-likeness (QED) is 0.779. The van der Waals surface area contributed by atoms with Gasteiger partial charge in [0.1, 0.15) is 5.78 Å². The minimum atomic E-state index is -0.112. The zero-order chi connectivity index (χ0) is 10.6. The van der Waals surface area contributed by atoms with Crippen LogP contribution >= 0.6 is 0 Å². The van der Waals surface area contributed by atoms with E-state index in [1.54, 1.807) is 38.2 Å². The van der Waals surface area contributed by atoms with E-state index < -0.39 is 0 Å². The third-order valence-corrected chi connectivity index (χ3v) is 1.90. The standard InChI is InChI=1S/C11H13NO2/c1-8(13)7-9-3-5-10(6-4-9)11(14)12-2/h3-6H,7H2,1-2H3,(H,12,14). The molecule has 0 aromatic heterocycles. The summed E-state index contributed by atoms with van der Waals surface area (Å²) in [7, 11) is 1.59. The molecule has 1 aromatic rings. The van der Waals surface area contributed by atoms with Crippen molar-refractivity contribution in [2.24, 2.45) is 0 Å². The lowest BCUT2D eigenvalue weighted by molar-refractivity contribution is -0.116. The molecule has 0 saturated carbocycles. The Bertz CT molecular complexity index is 341. The lowest BCUT2D eigenvalue weighted by Gasteiger charge is -2.01. The molecule has 0 fully saturated rings. The Morgan fingerprint density at radius 3 is 2.21 bits per heavy atom. The second-order valence-electron chi connectivity index (χ2n) is 3.15. The fourth-order valence-corrected chi connectivity index (χ4v) is 1.21. The molecule has 0 unspecified atom stereocenters. The summed E-state index contributed by atoms with van der Waals surface area (Å²) >= 11 is 0. The van der Waals surface area contributed by atoms with Gasteiger partial charge in [-0.3, -0.25) is 9.59 Å². The molecule has 0 atom stereocenters. The molecule has 3 heteroatoms.